The summed E-state index contributed by atoms with van der Waals surface area (Å²) in [5.74, 6) is 0.0821. The molecular weight excluding hydrogens is 416 g/mol. The van der Waals surface area contributed by atoms with Crippen molar-refractivity contribution >= 4 is 11.6 Å². The van der Waals surface area contributed by atoms with Crippen LogP contribution in [0.4, 0.5) is 0 Å². The molecule has 5 rings (SSSR count). The molecule has 0 saturated heterocycles. The minimum Gasteiger partial charge on any atom is -0.285 e. The molecule has 168 valence electrons. The molecule has 1 aliphatic rings. The molecule has 0 saturated carbocycles. The molecule has 4 aromatic carbocycles. The van der Waals surface area contributed by atoms with Gasteiger partial charge in [0.15, 0.2) is 0 Å². The average Bonchev–Trinajstić information content (AvgIpc) is 2.86. The van der Waals surface area contributed by atoms with Crippen LogP contribution in [0.5, 0.6) is 0 Å². The van der Waals surface area contributed by atoms with Crippen LogP contribution in [0, 0.1) is 0 Å². The van der Waals surface area contributed by atoms with Crippen LogP contribution >= 0.6 is 0 Å². The number of Topliss-reactive ketones (excluding diaryl/α,β-unsaturated/α-hetero) is 2. The first kappa shape index (κ1) is 22.0. The Kier molecular flexibility index (Phi) is 5.53. The van der Waals surface area contributed by atoms with E-state index < -0.39 is 11.6 Å². The van der Waals surface area contributed by atoms with E-state index in [4.69, 9.17) is 0 Å². The standard InChI is InChI=1S/C32H28O2/c1-19(2)21-5-9-23(10-6-21)25-13-15-27-29(17-25)30-18-26(14-16-28(30)32(34)31(27)33)24-11-7-22(8-12-24)20(3)4/h5-20H,1-4H3. The second-order valence-electron chi connectivity index (χ2n) is 9.73. The molecular formula is C32H28O2. The van der Waals surface area contributed by atoms with Crippen molar-refractivity contribution in [2.75, 3.05) is 0 Å². The van der Waals surface area contributed by atoms with E-state index >= 15 is 0 Å². The number of ketones is 2. The van der Waals surface area contributed by atoms with Crippen LogP contribution in [0.2, 0.25) is 0 Å². The van der Waals surface area contributed by atoms with Gasteiger partial charge in [-0.2, -0.15) is 0 Å². The molecule has 0 heterocycles. The Labute approximate surface area is 201 Å². The van der Waals surface area contributed by atoms with Crippen LogP contribution in [-0.2, 0) is 0 Å². The fourth-order valence-corrected chi connectivity index (χ4v) is 4.65. The summed E-state index contributed by atoms with van der Waals surface area (Å²) in [6, 6.07) is 28.7. The third-order valence-corrected chi connectivity index (χ3v) is 6.85. The molecule has 2 nitrogen and oxygen atoms in total. The number of carbonyl (C=O) groups excluding carboxylic acids is 2. The van der Waals surface area contributed by atoms with E-state index in [2.05, 4.69) is 88.4 Å². The lowest BCUT2D eigenvalue weighted by molar-refractivity contribution is 0.0815. The van der Waals surface area contributed by atoms with Crippen molar-refractivity contribution < 1.29 is 9.59 Å². The van der Waals surface area contributed by atoms with E-state index in [0.717, 1.165) is 33.4 Å². The first-order chi connectivity index (χ1) is 16.3. The maximum Gasteiger partial charge on any atom is 0.234 e. The van der Waals surface area contributed by atoms with E-state index in [1.54, 1.807) is 12.1 Å². The van der Waals surface area contributed by atoms with E-state index in [9.17, 15) is 9.59 Å². The van der Waals surface area contributed by atoms with Crippen molar-refractivity contribution in [2.24, 2.45) is 0 Å². The molecule has 0 atom stereocenters. The Morgan fingerprint density at radius 3 is 1.06 bits per heavy atom. The smallest absolute Gasteiger partial charge is 0.234 e. The van der Waals surface area contributed by atoms with E-state index in [1.807, 2.05) is 12.1 Å². The van der Waals surface area contributed by atoms with Gasteiger partial charge in [0.1, 0.15) is 0 Å². The Morgan fingerprint density at radius 1 is 0.412 bits per heavy atom. The minimum absolute atomic E-state index is 0.432. The highest BCUT2D eigenvalue weighted by Crippen LogP contribution is 2.39. The fourth-order valence-electron chi connectivity index (χ4n) is 4.65. The number of rotatable bonds is 4. The summed E-state index contributed by atoms with van der Waals surface area (Å²) in [5.41, 5.74) is 9.46. The van der Waals surface area contributed by atoms with Crippen molar-refractivity contribution in [1.29, 1.82) is 0 Å². The first-order valence-corrected chi connectivity index (χ1v) is 11.9. The van der Waals surface area contributed by atoms with Crippen LogP contribution in [0.1, 0.15) is 71.4 Å². The van der Waals surface area contributed by atoms with Crippen molar-refractivity contribution in [2.45, 2.75) is 39.5 Å². The molecule has 0 aliphatic heterocycles. The number of benzene rings is 4. The second-order valence-corrected chi connectivity index (χ2v) is 9.73. The first-order valence-electron chi connectivity index (χ1n) is 11.9. The molecule has 34 heavy (non-hydrogen) atoms. The molecule has 1 aliphatic carbocycles. The molecule has 0 bridgehead atoms. The van der Waals surface area contributed by atoms with Crippen LogP contribution in [0.15, 0.2) is 84.9 Å². The summed E-state index contributed by atoms with van der Waals surface area (Å²) >= 11 is 0. The van der Waals surface area contributed by atoms with Gasteiger partial charge < -0.3 is 0 Å². The highest BCUT2D eigenvalue weighted by Gasteiger charge is 2.30. The SMILES string of the molecule is CC(C)c1ccc(-c2ccc3c(c2)-c2cc(-c4ccc(C(C)C)cc4)ccc2C(=O)C3=O)cc1. The third-order valence-electron chi connectivity index (χ3n) is 6.85. The molecule has 0 radical (unpaired) electrons. The minimum atomic E-state index is -0.432. The summed E-state index contributed by atoms with van der Waals surface area (Å²) in [5, 5.41) is 0. The van der Waals surface area contributed by atoms with E-state index in [0.29, 0.717) is 23.0 Å². The van der Waals surface area contributed by atoms with Crippen LogP contribution in [-0.4, -0.2) is 11.6 Å². The predicted molar refractivity (Wildman–Crippen MR) is 140 cm³/mol. The van der Waals surface area contributed by atoms with Gasteiger partial charge in [0.25, 0.3) is 0 Å². The summed E-state index contributed by atoms with van der Waals surface area (Å²) in [6.45, 7) is 8.73. The molecule has 2 heteroatoms. The van der Waals surface area contributed by atoms with Crippen molar-refractivity contribution in [3.63, 3.8) is 0 Å². The van der Waals surface area contributed by atoms with Gasteiger partial charge in [-0.15, -0.1) is 0 Å². The van der Waals surface area contributed by atoms with Crippen LogP contribution < -0.4 is 0 Å². The zero-order chi connectivity index (χ0) is 24.0. The number of hydrogen-bond donors (Lipinski definition) is 0. The Hall–Kier alpha value is -3.78. The van der Waals surface area contributed by atoms with E-state index in [-0.39, 0.29) is 0 Å². The third kappa shape index (κ3) is 3.80. The van der Waals surface area contributed by atoms with Gasteiger partial charge in [0.2, 0.25) is 11.6 Å². The molecule has 0 unspecified atom stereocenters. The Bertz CT molecular complexity index is 1290. The van der Waals surface area contributed by atoms with Gasteiger partial charge in [0, 0.05) is 11.1 Å². The lowest BCUT2D eigenvalue weighted by Gasteiger charge is -2.20. The van der Waals surface area contributed by atoms with Gasteiger partial charge in [0.05, 0.1) is 0 Å². The largest absolute Gasteiger partial charge is 0.285 e. The average molecular weight is 445 g/mol. The van der Waals surface area contributed by atoms with Crippen molar-refractivity contribution in [3.05, 3.63) is 107 Å². The zero-order valence-electron chi connectivity index (χ0n) is 20.1. The normalized spacial score (nSPS) is 12.8. The van der Waals surface area contributed by atoms with E-state index in [1.165, 1.54) is 11.1 Å². The van der Waals surface area contributed by atoms with Crippen molar-refractivity contribution in [1.82, 2.24) is 0 Å². The summed E-state index contributed by atoms with van der Waals surface area (Å²) < 4.78 is 0. The monoisotopic (exact) mass is 444 g/mol. The van der Waals surface area contributed by atoms with Gasteiger partial charge in [-0.1, -0.05) is 88.4 Å². The van der Waals surface area contributed by atoms with Crippen LogP contribution in [0.25, 0.3) is 33.4 Å². The number of hydrogen-bond acceptors (Lipinski definition) is 2. The van der Waals surface area contributed by atoms with Gasteiger partial charge in [-0.3, -0.25) is 9.59 Å². The summed E-state index contributed by atoms with van der Waals surface area (Å²) in [7, 11) is 0. The Balaban J connectivity index is 1.61. The van der Waals surface area contributed by atoms with Gasteiger partial charge in [-0.25, -0.2) is 0 Å². The van der Waals surface area contributed by atoms with Gasteiger partial charge >= 0.3 is 0 Å². The highest BCUT2D eigenvalue weighted by atomic mass is 16.2. The number of fused-ring (bicyclic) bond motifs is 3. The summed E-state index contributed by atoms with van der Waals surface area (Å²) in [4.78, 5) is 25.7. The quantitative estimate of drug-likeness (QED) is 0.297. The molecule has 0 aromatic heterocycles. The maximum atomic E-state index is 12.9. The van der Waals surface area contributed by atoms with Crippen LogP contribution in [0.3, 0.4) is 0 Å². The maximum absolute atomic E-state index is 12.9. The highest BCUT2D eigenvalue weighted by molar-refractivity contribution is 6.53. The molecule has 4 aromatic rings. The lowest BCUT2D eigenvalue weighted by atomic mass is 9.81. The molecule has 0 spiro atoms. The summed E-state index contributed by atoms with van der Waals surface area (Å²) in [6.07, 6.45) is 0. The second kappa shape index (κ2) is 8.53. The zero-order valence-corrected chi connectivity index (χ0v) is 20.1. The lowest BCUT2D eigenvalue weighted by Crippen LogP contribution is -2.21. The van der Waals surface area contributed by atoms with Gasteiger partial charge in [-0.05, 0) is 80.6 Å². The molecule has 0 amide bonds. The number of carbonyl (C=O) groups is 2. The topological polar surface area (TPSA) is 34.1 Å². The predicted octanol–water partition coefficient (Wildman–Crippen LogP) is 8.31. The van der Waals surface area contributed by atoms with Crippen molar-refractivity contribution in [3.8, 4) is 33.4 Å². The molecule has 0 N–H and O–H groups in total. The molecule has 0 fully saturated rings. The Morgan fingerprint density at radius 2 is 0.735 bits per heavy atom. The fraction of sp³-hybridized carbons (Fsp3) is 0.188.